The van der Waals surface area contributed by atoms with Gasteiger partial charge in [0.25, 0.3) is 0 Å². The third-order valence-electron chi connectivity index (χ3n) is 7.48. The molecule has 0 N–H and O–H groups in total. The first-order chi connectivity index (χ1) is 16.5. The van der Waals surface area contributed by atoms with Crippen molar-refractivity contribution in [1.29, 1.82) is 0 Å². The molecular formula is C29H37F3O2. The van der Waals surface area contributed by atoms with Crippen LogP contribution in [0.3, 0.4) is 0 Å². The van der Waals surface area contributed by atoms with Crippen LogP contribution >= 0.6 is 0 Å². The van der Waals surface area contributed by atoms with Crippen LogP contribution in [0.5, 0.6) is 11.5 Å². The summed E-state index contributed by atoms with van der Waals surface area (Å²) in [6.45, 7) is 5.10. The Kier molecular flexibility index (Phi) is 8.44. The maximum atomic E-state index is 15.0. The van der Waals surface area contributed by atoms with E-state index < -0.39 is 17.5 Å². The van der Waals surface area contributed by atoms with Crippen LogP contribution in [-0.4, -0.2) is 13.2 Å². The Balaban J connectivity index is 1.38. The van der Waals surface area contributed by atoms with Gasteiger partial charge in [0.1, 0.15) is 0 Å². The predicted molar refractivity (Wildman–Crippen MR) is 131 cm³/mol. The number of benzene rings is 2. The molecule has 2 aromatic rings. The van der Waals surface area contributed by atoms with Crippen LogP contribution < -0.4 is 9.47 Å². The van der Waals surface area contributed by atoms with Gasteiger partial charge in [-0.15, -0.1) is 0 Å². The number of ether oxygens (including phenoxy) is 2. The van der Waals surface area contributed by atoms with Gasteiger partial charge in [0.15, 0.2) is 23.1 Å². The molecule has 0 aliphatic heterocycles. The molecule has 5 heteroatoms. The molecule has 1 saturated carbocycles. The molecule has 0 radical (unpaired) electrons. The van der Waals surface area contributed by atoms with Crippen molar-refractivity contribution in [2.75, 3.05) is 13.2 Å². The van der Waals surface area contributed by atoms with Crippen molar-refractivity contribution < 1.29 is 22.6 Å². The highest BCUT2D eigenvalue weighted by Crippen LogP contribution is 2.53. The summed E-state index contributed by atoms with van der Waals surface area (Å²) < 4.78 is 56.1. The highest BCUT2D eigenvalue weighted by molar-refractivity contribution is 6.04. The second-order valence-corrected chi connectivity index (χ2v) is 9.97. The molecule has 2 aromatic carbocycles. The summed E-state index contributed by atoms with van der Waals surface area (Å²) >= 11 is 0. The Bertz CT molecular complexity index is 980. The summed E-state index contributed by atoms with van der Waals surface area (Å²) in [6, 6.07) is 4.81. The molecule has 2 aliphatic carbocycles. The number of hydrogen-bond acceptors (Lipinski definition) is 2. The van der Waals surface area contributed by atoms with E-state index >= 15 is 0 Å². The molecule has 34 heavy (non-hydrogen) atoms. The van der Waals surface area contributed by atoms with E-state index in [-0.39, 0.29) is 22.6 Å². The van der Waals surface area contributed by atoms with E-state index in [2.05, 4.69) is 13.8 Å². The van der Waals surface area contributed by atoms with Crippen molar-refractivity contribution in [2.24, 2.45) is 11.8 Å². The Labute approximate surface area is 201 Å². The molecule has 1 fully saturated rings. The lowest BCUT2D eigenvalue weighted by Crippen LogP contribution is -2.20. The Morgan fingerprint density at radius 3 is 2.12 bits per heavy atom. The third-order valence-corrected chi connectivity index (χ3v) is 7.48. The minimum absolute atomic E-state index is 0.0102. The summed E-state index contributed by atoms with van der Waals surface area (Å²) in [7, 11) is 0. The van der Waals surface area contributed by atoms with Gasteiger partial charge in [0, 0.05) is 11.1 Å². The van der Waals surface area contributed by atoms with Gasteiger partial charge in [-0.3, -0.25) is 0 Å². The quantitative estimate of drug-likeness (QED) is 0.244. The van der Waals surface area contributed by atoms with Crippen molar-refractivity contribution in [3.8, 4) is 33.8 Å². The van der Waals surface area contributed by atoms with Gasteiger partial charge >= 0.3 is 0 Å². The zero-order chi connectivity index (χ0) is 24.1. The number of hydrogen-bond donors (Lipinski definition) is 0. The SMILES string of the molecule is CCCCCOc1ccc2c(c1F)-c1c-2cc(OCC2CCC(CCCCC)CC2)c(F)c1F. The van der Waals surface area contributed by atoms with E-state index in [0.717, 1.165) is 38.0 Å². The highest BCUT2D eigenvalue weighted by Gasteiger charge is 2.35. The fraction of sp³-hybridized carbons (Fsp3) is 0.586. The summed E-state index contributed by atoms with van der Waals surface area (Å²) in [6.07, 6.45) is 12.5. The standard InChI is InChI=1S/C29H37F3O2/c1-3-5-7-9-19-10-12-20(13-11-19)18-34-24-17-22-21-14-15-23(33-16-8-6-4-2)27(30)25(21)26(22)29(32)28(24)31/h14-15,17,19-20H,3-13,16,18H2,1-2H3. The lowest BCUT2D eigenvalue weighted by molar-refractivity contribution is 0.172. The molecule has 0 unspecified atom stereocenters. The average molecular weight is 475 g/mol. The largest absolute Gasteiger partial charge is 0.490 e. The summed E-state index contributed by atoms with van der Waals surface area (Å²) in [5.41, 5.74) is 1.17. The normalized spacial score (nSPS) is 18.7. The maximum absolute atomic E-state index is 15.0. The van der Waals surface area contributed by atoms with Crippen LogP contribution in [-0.2, 0) is 0 Å². The maximum Gasteiger partial charge on any atom is 0.201 e. The lowest BCUT2D eigenvalue weighted by Gasteiger charge is -2.29. The number of rotatable bonds is 12. The van der Waals surface area contributed by atoms with Crippen molar-refractivity contribution in [3.63, 3.8) is 0 Å². The summed E-state index contributed by atoms with van der Waals surface area (Å²) in [5.74, 6) is -1.52. The van der Waals surface area contributed by atoms with E-state index in [1.807, 2.05) is 0 Å². The van der Waals surface area contributed by atoms with Crippen LogP contribution in [0.2, 0.25) is 0 Å². The number of fused-ring (bicyclic) bond motifs is 4. The molecule has 0 aromatic heterocycles. The topological polar surface area (TPSA) is 18.5 Å². The Morgan fingerprint density at radius 2 is 1.38 bits per heavy atom. The van der Waals surface area contributed by atoms with Gasteiger partial charge in [0.2, 0.25) is 5.82 Å². The summed E-state index contributed by atoms with van der Waals surface area (Å²) in [5, 5.41) is 0. The molecule has 0 saturated heterocycles. The highest BCUT2D eigenvalue weighted by atomic mass is 19.2. The first-order valence-electron chi connectivity index (χ1n) is 13.2. The minimum Gasteiger partial charge on any atom is -0.490 e. The molecule has 0 amide bonds. The molecule has 4 rings (SSSR count). The van der Waals surface area contributed by atoms with Crippen LogP contribution in [0.1, 0.15) is 84.5 Å². The van der Waals surface area contributed by atoms with Crippen molar-refractivity contribution in [2.45, 2.75) is 84.5 Å². The minimum atomic E-state index is -1.04. The molecular weight excluding hydrogens is 437 g/mol. The second-order valence-electron chi connectivity index (χ2n) is 9.97. The van der Waals surface area contributed by atoms with E-state index in [1.165, 1.54) is 44.6 Å². The van der Waals surface area contributed by atoms with Crippen LogP contribution in [0.15, 0.2) is 18.2 Å². The second kappa shape index (κ2) is 11.5. The molecule has 0 heterocycles. The Morgan fingerprint density at radius 1 is 0.706 bits per heavy atom. The fourth-order valence-corrected chi connectivity index (χ4v) is 5.35. The lowest BCUT2D eigenvalue weighted by atomic mass is 9.79. The smallest absolute Gasteiger partial charge is 0.201 e. The molecule has 2 aliphatic rings. The van der Waals surface area contributed by atoms with Crippen molar-refractivity contribution in [1.82, 2.24) is 0 Å². The Hall–Kier alpha value is -2.17. The van der Waals surface area contributed by atoms with Gasteiger partial charge in [-0.2, -0.15) is 4.39 Å². The van der Waals surface area contributed by atoms with Crippen LogP contribution in [0, 0.1) is 29.3 Å². The molecule has 0 atom stereocenters. The first-order valence-corrected chi connectivity index (χ1v) is 13.2. The van der Waals surface area contributed by atoms with Crippen molar-refractivity contribution >= 4 is 0 Å². The van der Waals surface area contributed by atoms with E-state index in [1.54, 1.807) is 12.1 Å². The van der Waals surface area contributed by atoms with Gasteiger partial charge < -0.3 is 9.47 Å². The van der Waals surface area contributed by atoms with Gasteiger partial charge in [0.05, 0.1) is 13.2 Å². The molecule has 186 valence electrons. The zero-order valence-electron chi connectivity index (χ0n) is 20.5. The first kappa shape index (κ1) is 24.9. The molecule has 2 nitrogen and oxygen atoms in total. The molecule has 0 bridgehead atoms. The van der Waals surface area contributed by atoms with E-state index in [0.29, 0.717) is 30.3 Å². The van der Waals surface area contributed by atoms with Gasteiger partial charge in [-0.1, -0.05) is 65.2 Å². The summed E-state index contributed by atoms with van der Waals surface area (Å²) in [4.78, 5) is 0. The van der Waals surface area contributed by atoms with Crippen LogP contribution in [0.4, 0.5) is 13.2 Å². The number of halogens is 3. The third kappa shape index (κ3) is 5.23. The van der Waals surface area contributed by atoms with Crippen molar-refractivity contribution in [3.05, 3.63) is 35.7 Å². The fourth-order valence-electron chi connectivity index (χ4n) is 5.35. The average Bonchev–Trinajstić information content (AvgIpc) is 2.83. The molecule has 0 spiro atoms. The monoisotopic (exact) mass is 474 g/mol. The van der Waals surface area contributed by atoms with Crippen LogP contribution in [0.25, 0.3) is 22.3 Å². The van der Waals surface area contributed by atoms with Gasteiger partial charge in [-0.05, 0) is 60.4 Å². The van der Waals surface area contributed by atoms with E-state index in [4.69, 9.17) is 9.47 Å². The van der Waals surface area contributed by atoms with Gasteiger partial charge in [-0.25, -0.2) is 8.78 Å². The van der Waals surface area contributed by atoms with E-state index in [9.17, 15) is 13.2 Å². The zero-order valence-corrected chi connectivity index (χ0v) is 20.5. The predicted octanol–water partition coefficient (Wildman–Crippen LogP) is 9.09. The number of unbranched alkanes of at least 4 members (excludes halogenated alkanes) is 4.